The lowest BCUT2D eigenvalue weighted by Gasteiger charge is -2.22. The molecule has 3 nitrogen and oxygen atoms in total. The van der Waals surface area contributed by atoms with Gasteiger partial charge in [-0.2, -0.15) is 0 Å². The third-order valence-corrected chi connectivity index (χ3v) is 3.91. The average molecular weight is 260 g/mol. The Balaban J connectivity index is 1.69. The Labute approximate surface area is 115 Å². The number of piperidine rings is 1. The number of carbonyl (C=O) groups excluding carboxylic acids is 1. The van der Waals surface area contributed by atoms with Crippen LogP contribution in [0.2, 0.25) is 0 Å². The van der Waals surface area contributed by atoms with Crippen LogP contribution in [0, 0.1) is 5.92 Å². The summed E-state index contributed by atoms with van der Waals surface area (Å²) in [6.07, 6.45) is 3.13. The molecule has 1 saturated heterocycles. The Bertz CT molecular complexity index is 385. The Kier molecular flexibility index (Phi) is 5.40. The first-order valence-electron chi connectivity index (χ1n) is 7.30. The minimum Gasteiger partial charge on any atom is -0.356 e. The van der Waals surface area contributed by atoms with Gasteiger partial charge in [0.15, 0.2) is 0 Å². The molecule has 1 aromatic carbocycles. The van der Waals surface area contributed by atoms with Gasteiger partial charge < -0.3 is 10.6 Å². The van der Waals surface area contributed by atoms with E-state index in [-0.39, 0.29) is 11.8 Å². The van der Waals surface area contributed by atoms with Gasteiger partial charge in [-0.05, 0) is 37.3 Å². The maximum Gasteiger partial charge on any atom is 0.224 e. The molecule has 1 aliphatic heterocycles. The van der Waals surface area contributed by atoms with Crippen LogP contribution < -0.4 is 10.6 Å². The summed E-state index contributed by atoms with van der Waals surface area (Å²) < 4.78 is 0. The fourth-order valence-corrected chi connectivity index (χ4v) is 2.58. The van der Waals surface area contributed by atoms with E-state index < -0.39 is 0 Å². The highest BCUT2D eigenvalue weighted by Crippen LogP contribution is 2.17. The molecule has 2 N–H and O–H groups in total. The highest BCUT2D eigenvalue weighted by molar-refractivity contribution is 5.78. The molecule has 19 heavy (non-hydrogen) atoms. The van der Waals surface area contributed by atoms with Crippen molar-refractivity contribution in [3.05, 3.63) is 35.9 Å². The number of nitrogens with one attached hydrogen (secondary N) is 2. The summed E-state index contributed by atoms with van der Waals surface area (Å²) in [4.78, 5) is 12.0. The van der Waals surface area contributed by atoms with Crippen LogP contribution >= 0.6 is 0 Å². The molecule has 1 aliphatic rings. The molecule has 0 bridgehead atoms. The quantitative estimate of drug-likeness (QED) is 0.853. The number of amides is 1. The first-order valence-corrected chi connectivity index (χ1v) is 7.30. The second kappa shape index (κ2) is 7.29. The first-order chi connectivity index (χ1) is 9.27. The molecule has 2 rings (SSSR count). The predicted octanol–water partition coefficient (Wildman–Crippen LogP) is 2.30. The van der Waals surface area contributed by atoms with Crippen LogP contribution in [0.3, 0.4) is 0 Å². The number of benzene rings is 1. The largest absolute Gasteiger partial charge is 0.356 e. The molecule has 0 spiro atoms. The lowest BCUT2D eigenvalue weighted by Crippen LogP contribution is -2.40. The molecule has 1 fully saturated rings. The van der Waals surface area contributed by atoms with Gasteiger partial charge >= 0.3 is 0 Å². The van der Waals surface area contributed by atoms with Crippen LogP contribution in [0.5, 0.6) is 0 Å². The van der Waals surface area contributed by atoms with Crippen molar-refractivity contribution >= 4 is 5.91 Å². The highest BCUT2D eigenvalue weighted by Gasteiger charge is 2.20. The molecule has 1 amide bonds. The smallest absolute Gasteiger partial charge is 0.224 e. The molecule has 1 unspecified atom stereocenters. The molecule has 2 atom stereocenters. The van der Waals surface area contributed by atoms with Gasteiger partial charge in [-0.15, -0.1) is 0 Å². The number of rotatable bonds is 5. The highest BCUT2D eigenvalue weighted by atomic mass is 16.1. The summed E-state index contributed by atoms with van der Waals surface area (Å²) >= 11 is 0. The Morgan fingerprint density at radius 1 is 1.42 bits per heavy atom. The van der Waals surface area contributed by atoms with Crippen molar-refractivity contribution in [3.63, 3.8) is 0 Å². The summed E-state index contributed by atoms with van der Waals surface area (Å²) in [5.74, 6) is 0.874. The SMILES string of the molecule is CC(CCNC(=O)[C@@H]1CCCNC1)c1ccccc1. The van der Waals surface area contributed by atoms with E-state index >= 15 is 0 Å². The molecule has 1 aromatic rings. The van der Waals surface area contributed by atoms with E-state index in [4.69, 9.17) is 0 Å². The van der Waals surface area contributed by atoms with E-state index in [0.29, 0.717) is 5.92 Å². The van der Waals surface area contributed by atoms with E-state index in [1.807, 2.05) is 6.07 Å². The summed E-state index contributed by atoms with van der Waals surface area (Å²) in [6.45, 7) is 4.87. The van der Waals surface area contributed by atoms with Crippen molar-refractivity contribution in [2.45, 2.75) is 32.1 Å². The van der Waals surface area contributed by atoms with Crippen LogP contribution in [0.25, 0.3) is 0 Å². The zero-order valence-electron chi connectivity index (χ0n) is 11.7. The Morgan fingerprint density at radius 3 is 2.89 bits per heavy atom. The maximum absolute atomic E-state index is 12.0. The third kappa shape index (κ3) is 4.35. The molecule has 0 aromatic heterocycles. The topological polar surface area (TPSA) is 41.1 Å². The summed E-state index contributed by atoms with van der Waals surface area (Å²) in [7, 11) is 0. The normalized spacial score (nSPS) is 20.8. The zero-order chi connectivity index (χ0) is 13.5. The van der Waals surface area contributed by atoms with Crippen molar-refractivity contribution in [3.8, 4) is 0 Å². The predicted molar refractivity (Wildman–Crippen MR) is 78.1 cm³/mol. The fraction of sp³-hybridized carbons (Fsp3) is 0.562. The minimum absolute atomic E-state index is 0.167. The van der Waals surface area contributed by atoms with Crippen molar-refractivity contribution in [1.82, 2.24) is 10.6 Å². The van der Waals surface area contributed by atoms with E-state index in [0.717, 1.165) is 38.9 Å². The van der Waals surface area contributed by atoms with Crippen molar-refractivity contribution in [2.24, 2.45) is 5.92 Å². The summed E-state index contributed by atoms with van der Waals surface area (Å²) in [6, 6.07) is 10.5. The van der Waals surface area contributed by atoms with Crippen molar-refractivity contribution in [2.75, 3.05) is 19.6 Å². The van der Waals surface area contributed by atoms with Gasteiger partial charge in [-0.25, -0.2) is 0 Å². The summed E-state index contributed by atoms with van der Waals surface area (Å²) in [5.41, 5.74) is 1.34. The van der Waals surface area contributed by atoms with Crippen LogP contribution in [-0.2, 0) is 4.79 Å². The second-order valence-corrected chi connectivity index (χ2v) is 5.43. The van der Waals surface area contributed by atoms with Gasteiger partial charge in [0.2, 0.25) is 5.91 Å². The van der Waals surface area contributed by atoms with E-state index in [9.17, 15) is 4.79 Å². The molecule has 104 valence electrons. The molecule has 0 aliphatic carbocycles. The van der Waals surface area contributed by atoms with Gasteiger partial charge in [0.05, 0.1) is 5.92 Å². The standard InChI is InChI=1S/C16H24N2O/c1-13(14-6-3-2-4-7-14)9-11-18-16(19)15-8-5-10-17-12-15/h2-4,6-7,13,15,17H,5,8-12H2,1H3,(H,18,19)/t13?,15-/m1/s1. The lowest BCUT2D eigenvalue weighted by molar-refractivity contribution is -0.125. The van der Waals surface area contributed by atoms with E-state index in [1.165, 1.54) is 5.56 Å². The molecule has 1 heterocycles. The van der Waals surface area contributed by atoms with Gasteiger partial charge in [-0.1, -0.05) is 37.3 Å². The monoisotopic (exact) mass is 260 g/mol. The van der Waals surface area contributed by atoms with E-state index in [2.05, 4.69) is 41.8 Å². The number of carbonyl (C=O) groups is 1. The number of hydrogen-bond acceptors (Lipinski definition) is 2. The van der Waals surface area contributed by atoms with Crippen LogP contribution in [0.1, 0.15) is 37.7 Å². The lowest BCUT2D eigenvalue weighted by atomic mass is 9.97. The van der Waals surface area contributed by atoms with Gasteiger partial charge in [0.1, 0.15) is 0 Å². The molecule has 0 saturated carbocycles. The minimum atomic E-state index is 0.167. The molecular formula is C16H24N2O. The maximum atomic E-state index is 12.0. The zero-order valence-corrected chi connectivity index (χ0v) is 11.7. The Morgan fingerprint density at radius 2 is 2.21 bits per heavy atom. The van der Waals surface area contributed by atoms with Gasteiger partial charge in [0.25, 0.3) is 0 Å². The first kappa shape index (κ1) is 14.1. The third-order valence-electron chi connectivity index (χ3n) is 3.91. The van der Waals surface area contributed by atoms with Crippen molar-refractivity contribution < 1.29 is 4.79 Å². The fourth-order valence-electron chi connectivity index (χ4n) is 2.58. The van der Waals surface area contributed by atoms with Crippen molar-refractivity contribution in [1.29, 1.82) is 0 Å². The van der Waals surface area contributed by atoms with Crippen LogP contribution in [0.4, 0.5) is 0 Å². The van der Waals surface area contributed by atoms with Crippen LogP contribution in [0.15, 0.2) is 30.3 Å². The Hall–Kier alpha value is -1.35. The molecule has 3 heteroatoms. The molecule has 0 radical (unpaired) electrons. The molecular weight excluding hydrogens is 236 g/mol. The summed E-state index contributed by atoms with van der Waals surface area (Å²) in [5, 5.41) is 6.35. The van der Waals surface area contributed by atoms with E-state index in [1.54, 1.807) is 0 Å². The number of hydrogen-bond donors (Lipinski definition) is 2. The van der Waals surface area contributed by atoms with Gasteiger partial charge in [0, 0.05) is 13.1 Å². The second-order valence-electron chi connectivity index (χ2n) is 5.43. The van der Waals surface area contributed by atoms with Gasteiger partial charge in [-0.3, -0.25) is 4.79 Å². The van der Waals surface area contributed by atoms with Crippen LogP contribution in [-0.4, -0.2) is 25.5 Å². The average Bonchev–Trinajstić information content (AvgIpc) is 2.49.